The van der Waals surface area contributed by atoms with E-state index in [0.717, 1.165) is 38.2 Å². The Morgan fingerprint density at radius 1 is 1.32 bits per heavy atom. The summed E-state index contributed by atoms with van der Waals surface area (Å²) >= 11 is 0. The van der Waals surface area contributed by atoms with Gasteiger partial charge in [0.1, 0.15) is 5.75 Å². The van der Waals surface area contributed by atoms with Gasteiger partial charge in [0.25, 0.3) is 5.91 Å². The lowest BCUT2D eigenvalue weighted by Crippen LogP contribution is -2.40. The van der Waals surface area contributed by atoms with Gasteiger partial charge in [0.2, 0.25) is 5.89 Å². The molecule has 1 aliphatic heterocycles. The van der Waals surface area contributed by atoms with E-state index >= 15 is 0 Å². The predicted molar refractivity (Wildman–Crippen MR) is 91.6 cm³/mol. The van der Waals surface area contributed by atoms with Crippen LogP contribution in [0.1, 0.15) is 53.7 Å². The van der Waals surface area contributed by atoms with Crippen molar-refractivity contribution in [2.24, 2.45) is 5.92 Å². The number of likely N-dealkylation sites (tertiary alicyclic amines) is 1. The van der Waals surface area contributed by atoms with Crippen molar-refractivity contribution in [2.45, 2.75) is 38.0 Å². The van der Waals surface area contributed by atoms with E-state index in [1.54, 1.807) is 7.11 Å². The van der Waals surface area contributed by atoms with Crippen molar-refractivity contribution >= 4 is 5.91 Å². The van der Waals surface area contributed by atoms with E-state index in [0.29, 0.717) is 29.0 Å². The van der Waals surface area contributed by atoms with Gasteiger partial charge in [-0.25, -0.2) is 0 Å². The van der Waals surface area contributed by atoms with Crippen molar-refractivity contribution in [2.75, 3.05) is 20.2 Å². The van der Waals surface area contributed by atoms with Gasteiger partial charge in [0, 0.05) is 25.4 Å². The smallest absolute Gasteiger partial charge is 0.257 e. The first-order chi connectivity index (χ1) is 12.2. The van der Waals surface area contributed by atoms with Crippen LogP contribution in [0.2, 0.25) is 0 Å². The van der Waals surface area contributed by atoms with Crippen LogP contribution < -0.4 is 4.74 Å². The zero-order chi connectivity index (χ0) is 17.2. The molecular formula is C19H23N3O3. The number of nitrogens with zero attached hydrogens (tertiary/aromatic N) is 3. The Bertz CT molecular complexity index is 754. The third-order valence-corrected chi connectivity index (χ3v) is 5.03. The van der Waals surface area contributed by atoms with Gasteiger partial charge in [-0.2, -0.15) is 4.98 Å². The maximum Gasteiger partial charge on any atom is 0.257 e. The minimum Gasteiger partial charge on any atom is -0.496 e. The maximum absolute atomic E-state index is 12.9. The fourth-order valence-corrected chi connectivity index (χ4v) is 3.51. The number of benzene rings is 1. The molecule has 2 aliphatic rings. The monoisotopic (exact) mass is 341 g/mol. The van der Waals surface area contributed by atoms with Crippen LogP contribution in [0.3, 0.4) is 0 Å². The highest BCUT2D eigenvalue weighted by atomic mass is 16.5. The highest BCUT2D eigenvalue weighted by Gasteiger charge is 2.30. The molecule has 0 radical (unpaired) electrons. The van der Waals surface area contributed by atoms with Crippen LogP contribution in [0.15, 0.2) is 28.8 Å². The molecule has 0 unspecified atom stereocenters. The van der Waals surface area contributed by atoms with Crippen LogP contribution in [0.4, 0.5) is 0 Å². The lowest BCUT2D eigenvalue weighted by atomic mass is 9.94. The van der Waals surface area contributed by atoms with Crippen LogP contribution in [0.25, 0.3) is 0 Å². The van der Waals surface area contributed by atoms with Crippen molar-refractivity contribution < 1.29 is 14.1 Å². The fourth-order valence-electron chi connectivity index (χ4n) is 3.51. The van der Waals surface area contributed by atoms with Crippen molar-refractivity contribution in [3.05, 3.63) is 41.5 Å². The summed E-state index contributed by atoms with van der Waals surface area (Å²) in [6.07, 6.45) is 5.16. The highest BCUT2D eigenvalue weighted by Crippen LogP contribution is 2.38. The number of aromatic nitrogens is 2. The molecule has 1 aromatic carbocycles. The Morgan fingerprint density at radius 2 is 2.16 bits per heavy atom. The van der Waals surface area contributed by atoms with E-state index in [-0.39, 0.29) is 5.91 Å². The summed E-state index contributed by atoms with van der Waals surface area (Å²) in [5, 5.41) is 4.08. The first kappa shape index (κ1) is 16.1. The summed E-state index contributed by atoms with van der Waals surface area (Å²) < 4.78 is 10.7. The predicted octanol–water partition coefficient (Wildman–Crippen LogP) is 3.05. The molecule has 0 N–H and O–H groups in total. The zero-order valence-corrected chi connectivity index (χ0v) is 14.5. The fraction of sp³-hybridized carbons (Fsp3) is 0.526. The van der Waals surface area contributed by atoms with Gasteiger partial charge < -0.3 is 14.2 Å². The summed E-state index contributed by atoms with van der Waals surface area (Å²) in [5.74, 6) is 3.09. The molecule has 25 heavy (non-hydrogen) atoms. The van der Waals surface area contributed by atoms with Crippen LogP contribution >= 0.6 is 0 Å². The number of hydrogen-bond donors (Lipinski definition) is 0. The molecule has 2 fully saturated rings. The van der Waals surface area contributed by atoms with Crippen molar-refractivity contribution in [1.29, 1.82) is 0 Å². The van der Waals surface area contributed by atoms with Gasteiger partial charge in [-0.1, -0.05) is 17.3 Å². The number of methoxy groups -OCH3 is 1. The molecule has 0 bridgehead atoms. The van der Waals surface area contributed by atoms with E-state index in [2.05, 4.69) is 10.1 Å². The molecule has 6 nitrogen and oxygen atoms in total. The number of carbonyl (C=O) groups is 1. The molecule has 6 heteroatoms. The molecule has 1 saturated carbocycles. The zero-order valence-electron chi connectivity index (χ0n) is 14.5. The second-order valence-electron chi connectivity index (χ2n) is 6.98. The Kier molecular flexibility index (Phi) is 4.42. The standard InChI is InChI=1S/C19H23N3O3/c1-24-16-7-3-2-6-15(16)19(23)22-10-4-5-13(12-22)11-17-20-18(21-25-17)14-8-9-14/h2-3,6-7,13-14H,4-5,8-12H2,1H3/t13-/m0/s1. The highest BCUT2D eigenvalue weighted by molar-refractivity contribution is 5.97. The Balaban J connectivity index is 1.42. The normalized spacial score (nSPS) is 20.5. The number of piperidine rings is 1. The number of carbonyl (C=O) groups excluding carboxylic acids is 1. The first-order valence-corrected chi connectivity index (χ1v) is 8.99. The molecule has 1 amide bonds. The number of hydrogen-bond acceptors (Lipinski definition) is 5. The molecule has 2 heterocycles. The largest absolute Gasteiger partial charge is 0.496 e. The molecule has 1 saturated heterocycles. The average molecular weight is 341 g/mol. The molecule has 4 rings (SSSR count). The molecule has 1 aliphatic carbocycles. The number of rotatable bonds is 5. The van der Waals surface area contributed by atoms with E-state index in [1.807, 2.05) is 29.2 Å². The summed E-state index contributed by atoms with van der Waals surface area (Å²) in [6.45, 7) is 1.50. The van der Waals surface area contributed by atoms with Crippen molar-refractivity contribution in [1.82, 2.24) is 15.0 Å². The second-order valence-corrected chi connectivity index (χ2v) is 6.98. The maximum atomic E-state index is 12.9. The summed E-state index contributed by atoms with van der Waals surface area (Å²) in [7, 11) is 1.60. The third kappa shape index (κ3) is 3.52. The van der Waals surface area contributed by atoms with Crippen molar-refractivity contribution in [3.8, 4) is 5.75 Å². The van der Waals surface area contributed by atoms with E-state index in [4.69, 9.17) is 9.26 Å². The summed E-state index contributed by atoms with van der Waals surface area (Å²) in [4.78, 5) is 19.3. The first-order valence-electron chi connectivity index (χ1n) is 8.99. The number of ether oxygens (including phenoxy) is 1. The second kappa shape index (κ2) is 6.86. The Morgan fingerprint density at radius 3 is 2.96 bits per heavy atom. The van der Waals surface area contributed by atoms with E-state index < -0.39 is 0 Å². The van der Waals surface area contributed by atoms with E-state index in [9.17, 15) is 4.79 Å². The summed E-state index contributed by atoms with van der Waals surface area (Å²) in [6, 6.07) is 7.40. The molecule has 1 atom stereocenters. The van der Waals surface area contributed by atoms with Gasteiger partial charge in [-0.3, -0.25) is 4.79 Å². The van der Waals surface area contributed by atoms with Gasteiger partial charge in [0.05, 0.1) is 12.7 Å². The minimum atomic E-state index is 0.0337. The molecule has 1 aromatic heterocycles. The molecule has 0 spiro atoms. The van der Waals surface area contributed by atoms with Crippen molar-refractivity contribution in [3.63, 3.8) is 0 Å². The van der Waals surface area contributed by atoms with Crippen LogP contribution in [0.5, 0.6) is 5.75 Å². The van der Waals surface area contributed by atoms with Crippen LogP contribution in [0, 0.1) is 5.92 Å². The molecule has 2 aromatic rings. The average Bonchev–Trinajstić information content (AvgIpc) is 3.41. The lowest BCUT2D eigenvalue weighted by Gasteiger charge is -2.32. The number of para-hydroxylation sites is 1. The SMILES string of the molecule is COc1ccccc1C(=O)N1CCC[C@@H](Cc2nc(C3CC3)no2)C1. The minimum absolute atomic E-state index is 0.0337. The number of amides is 1. The van der Waals surface area contributed by atoms with Gasteiger partial charge in [-0.05, 0) is 43.7 Å². The Labute approximate surface area is 147 Å². The van der Waals surface area contributed by atoms with E-state index in [1.165, 1.54) is 12.8 Å². The quantitative estimate of drug-likeness (QED) is 0.836. The lowest BCUT2D eigenvalue weighted by molar-refractivity contribution is 0.0665. The topological polar surface area (TPSA) is 68.5 Å². The van der Waals surface area contributed by atoms with Gasteiger partial charge >= 0.3 is 0 Å². The third-order valence-electron chi connectivity index (χ3n) is 5.03. The van der Waals surface area contributed by atoms with Gasteiger partial charge in [-0.15, -0.1) is 0 Å². The van der Waals surface area contributed by atoms with Crippen LogP contribution in [-0.2, 0) is 6.42 Å². The van der Waals surface area contributed by atoms with Gasteiger partial charge in [0.15, 0.2) is 5.82 Å². The molecular weight excluding hydrogens is 318 g/mol. The molecule has 132 valence electrons. The van der Waals surface area contributed by atoms with Crippen LogP contribution in [-0.4, -0.2) is 41.1 Å². The Hall–Kier alpha value is -2.37. The summed E-state index contributed by atoms with van der Waals surface area (Å²) in [5.41, 5.74) is 0.624.